The number of fused-ring (bicyclic) bond motifs is 1. The van der Waals surface area contributed by atoms with Crippen molar-refractivity contribution in [1.29, 1.82) is 0 Å². The minimum atomic E-state index is -0.540. The van der Waals surface area contributed by atoms with Crippen molar-refractivity contribution in [2.24, 2.45) is 5.73 Å². The van der Waals surface area contributed by atoms with Gasteiger partial charge in [-0.15, -0.1) is 18.2 Å². The van der Waals surface area contributed by atoms with Crippen molar-refractivity contribution in [1.82, 2.24) is 10.3 Å². The molecule has 1 aromatic heterocycles. The molecule has 1 atom stereocenters. The lowest BCUT2D eigenvalue weighted by Crippen LogP contribution is -2.42. The number of terminal acetylenes is 1. The number of amides is 1. The molecule has 0 spiro atoms. The van der Waals surface area contributed by atoms with Crippen LogP contribution in [0, 0.1) is 12.3 Å². The van der Waals surface area contributed by atoms with Crippen molar-refractivity contribution in [3.8, 4) is 12.3 Å². The molecule has 0 saturated carbocycles. The summed E-state index contributed by atoms with van der Waals surface area (Å²) in [6.07, 6.45) is 7.60. The standard InChI is InChI=1S/C16H19N3OS/c1-2-8-21-9-7-18-16(20)14(17)10-12-11-19-15-6-4-3-5-13(12)15/h1,3-6,11,14,19H,7-10,17H2,(H,18,20)/t14-/m1/s1. The lowest BCUT2D eigenvalue weighted by Gasteiger charge is -2.11. The van der Waals surface area contributed by atoms with E-state index in [9.17, 15) is 4.79 Å². The summed E-state index contributed by atoms with van der Waals surface area (Å²) in [5.41, 5.74) is 8.10. The number of para-hydroxylation sites is 1. The molecule has 4 nitrogen and oxygen atoms in total. The summed E-state index contributed by atoms with van der Waals surface area (Å²) in [4.78, 5) is 15.1. The summed E-state index contributed by atoms with van der Waals surface area (Å²) in [5.74, 6) is 3.89. The summed E-state index contributed by atoms with van der Waals surface area (Å²) < 4.78 is 0. The van der Waals surface area contributed by atoms with Crippen molar-refractivity contribution in [2.75, 3.05) is 18.1 Å². The third-order valence-electron chi connectivity index (χ3n) is 3.18. The molecule has 0 radical (unpaired) electrons. The van der Waals surface area contributed by atoms with Crippen LogP contribution in [0.15, 0.2) is 30.5 Å². The van der Waals surface area contributed by atoms with Crippen LogP contribution < -0.4 is 11.1 Å². The van der Waals surface area contributed by atoms with E-state index in [2.05, 4.69) is 16.2 Å². The van der Waals surface area contributed by atoms with Gasteiger partial charge in [-0.3, -0.25) is 4.79 Å². The first kappa shape index (κ1) is 15.5. The molecule has 1 heterocycles. The van der Waals surface area contributed by atoms with E-state index in [1.165, 1.54) is 0 Å². The van der Waals surface area contributed by atoms with Crippen molar-refractivity contribution in [2.45, 2.75) is 12.5 Å². The predicted molar refractivity (Wildman–Crippen MR) is 89.1 cm³/mol. The van der Waals surface area contributed by atoms with Crippen LogP contribution in [0.3, 0.4) is 0 Å². The number of benzene rings is 1. The number of thioether (sulfide) groups is 1. The number of aromatic amines is 1. The molecule has 1 aromatic carbocycles. The molecule has 0 saturated heterocycles. The highest BCUT2D eigenvalue weighted by Gasteiger charge is 2.15. The maximum Gasteiger partial charge on any atom is 0.237 e. The topological polar surface area (TPSA) is 70.9 Å². The second-order valence-corrected chi connectivity index (χ2v) is 5.82. The number of hydrogen-bond acceptors (Lipinski definition) is 3. The van der Waals surface area contributed by atoms with Crippen LogP contribution in [-0.2, 0) is 11.2 Å². The molecule has 110 valence electrons. The van der Waals surface area contributed by atoms with E-state index in [-0.39, 0.29) is 5.91 Å². The first-order chi connectivity index (χ1) is 10.2. The lowest BCUT2D eigenvalue weighted by molar-refractivity contribution is -0.122. The summed E-state index contributed by atoms with van der Waals surface area (Å²) in [6.45, 7) is 0.590. The molecule has 21 heavy (non-hydrogen) atoms. The molecular formula is C16H19N3OS. The number of carbonyl (C=O) groups is 1. The van der Waals surface area contributed by atoms with E-state index < -0.39 is 6.04 Å². The first-order valence-corrected chi connectivity index (χ1v) is 7.97. The zero-order chi connectivity index (χ0) is 15.1. The van der Waals surface area contributed by atoms with E-state index in [4.69, 9.17) is 12.2 Å². The number of carbonyl (C=O) groups excluding carboxylic acids is 1. The lowest BCUT2D eigenvalue weighted by atomic mass is 10.1. The van der Waals surface area contributed by atoms with Crippen LogP contribution in [-0.4, -0.2) is 35.0 Å². The Morgan fingerprint density at radius 1 is 1.48 bits per heavy atom. The summed E-state index contributed by atoms with van der Waals surface area (Å²) in [7, 11) is 0. The third-order valence-corrected chi connectivity index (χ3v) is 4.05. The number of hydrogen-bond donors (Lipinski definition) is 3. The molecule has 1 amide bonds. The van der Waals surface area contributed by atoms with Gasteiger partial charge < -0.3 is 16.0 Å². The maximum absolute atomic E-state index is 11.9. The fourth-order valence-corrected chi connectivity index (χ4v) is 2.65. The van der Waals surface area contributed by atoms with E-state index >= 15 is 0 Å². The second kappa shape index (κ2) is 7.77. The Kier molecular flexibility index (Phi) is 5.73. The quantitative estimate of drug-likeness (QED) is 0.536. The monoisotopic (exact) mass is 301 g/mol. The highest BCUT2D eigenvalue weighted by Crippen LogP contribution is 2.18. The van der Waals surface area contributed by atoms with Gasteiger partial charge in [-0.05, 0) is 18.1 Å². The highest BCUT2D eigenvalue weighted by atomic mass is 32.2. The van der Waals surface area contributed by atoms with Gasteiger partial charge in [-0.1, -0.05) is 24.1 Å². The molecule has 0 bridgehead atoms. The number of rotatable bonds is 7. The number of aromatic nitrogens is 1. The van der Waals surface area contributed by atoms with Crippen LogP contribution >= 0.6 is 11.8 Å². The zero-order valence-corrected chi connectivity index (χ0v) is 12.6. The van der Waals surface area contributed by atoms with Gasteiger partial charge in [0.05, 0.1) is 11.8 Å². The molecule has 0 aliphatic heterocycles. The fourth-order valence-electron chi connectivity index (χ4n) is 2.14. The average Bonchev–Trinajstić information content (AvgIpc) is 2.90. The predicted octanol–water partition coefficient (Wildman–Crippen LogP) is 1.52. The van der Waals surface area contributed by atoms with Gasteiger partial charge in [0.25, 0.3) is 0 Å². The molecule has 2 rings (SSSR count). The molecular weight excluding hydrogens is 282 g/mol. The van der Waals surface area contributed by atoms with Crippen molar-refractivity contribution in [3.05, 3.63) is 36.0 Å². The van der Waals surface area contributed by atoms with Crippen molar-refractivity contribution < 1.29 is 4.79 Å². The largest absolute Gasteiger partial charge is 0.361 e. The number of nitrogens with one attached hydrogen (secondary N) is 2. The Morgan fingerprint density at radius 2 is 2.29 bits per heavy atom. The minimum absolute atomic E-state index is 0.124. The van der Waals surface area contributed by atoms with Gasteiger partial charge in [-0.25, -0.2) is 0 Å². The molecule has 0 unspecified atom stereocenters. The van der Waals surface area contributed by atoms with E-state index in [0.29, 0.717) is 18.7 Å². The molecule has 4 N–H and O–H groups in total. The van der Waals surface area contributed by atoms with E-state index in [1.807, 2.05) is 30.5 Å². The van der Waals surface area contributed by atoms with E-state index in [0.717, 1.165) is 22.2 Å². The second-order valence-electron chi connectivity index (χ2n) is 4.72. The van der Waals surface area contributed by atoms with Crippen LogP contribution in [0.2, 0.25) is 0 Å². The Balaban J connectivity index is 1.85. The Labute approximate surface area is 128 Å². The van der Waals surface area contributed by atoms with Crippen LogP contribution in [0.5, 0.6) is 0 Å². The zero-order valence-electron chi connectivity index (χ0n) is 11.8. The van der Waals surface area contributed by atoms with Crippen molar-refractivity contribution in [3.63, 3.8) is 0 Å². The molecule has 0 aliphatic rings. The molecule has 2 aromatic rings. The van der Waals surface area contributed by atoms with Gasteiger partial charge in [0.1, 0.15) is 0 Å². The third kappa shape index (κ3) is 4.28. The summed E-state index contributed by atoms with van der Waals surface area (Å²) in [6, 6.07) is 7.45. The van der Waals surface area contributed by atoms with Gasteiger partial charge in [0.15, 0.2) is 0 Å². The molecule has 5 heteroatoms. The van der Waals surface area contributed by atoms with Gasteiger partial charge in [0.2, 0.25) is 5.91 Å². The smallest absolute Gasteiger partial charge is 0.237 e. The Bertz CT molecular complexity index is 644. The average molecular weight is 301 g/mol. The first-order valence-electron chi connectivity index (χ1n) is 6.82. The van der Waals surface area contributed by atoms with Crippen LogP contribution in [0.4, 0.5) is 0 Å². The summed E-state index contributed by atoms with van der Waals surface area (Å²) in [5, 5.41) is 3.95. The number of nitrogens with two attached hydrogens (primary N) is 1. The summed E-state index contributed by atoms with van der Waals surface area (Å²) >= 11 is 1.62. The maximum atomic E-state index is 11.9. The SMILES string of the molecule is C#CCSCCNC(=O)[C@H](N)Cc1c[nH]c2ccccc12. The Morgan fingerprint density at radius 3 is 3.10 bits per heavy atom. The normalized spacial score (nSPS) is 12.0. The van der Waals surface area contributed by atoms with Crippen molar-refractivity contribution >= 4 is 28.6 Å². The van der Waals surface area contributed by atoms with Gasteiger partial charge in [-0.2, -0.15) is 0 Å². The van der Waals surface area contributed by atoms with Gasteiger partial charge in [0, 0.05) is 29.4 Å². The highest BCUT2D eigenvalue weighted by molar-refractivity contribution is 7.99. The minimum Gasteiger partial charge on any atom is -0.361 e. The fraction of sp³-hybridized carbons (Fsp3) is 0.312. The van der Waals surface area contributed by atoms with E-state index in [1.54, 1.807) is 11.8 Å². The van der Waals surface area contributed by atoms with Gasteiger partial charge >= 0.3 is 0 Å². The van der Waals surface area contributed by atoms with Crippen LogP contribution in [0.25, 0.3) is 10.9 Å². The van der Waals surface area contributed by atoms with Crippen LogP contribution in [0.1, 0.15) is 5.56 Å². The Hall–Kier alpha value is -1.90. The molecule has 0 fully saturated rings. The number of H-pyrrole nitrogens is 1. The molecule has 0 aliphatic carbocycles.